The maximum Gasteiger partial charge on any atom is 0.407 e. The number of halogens is 1. The summed E-state index contributed by atoms with van der Waals surface area (Å²) in [5, 5.41) is 20.8. The van der Waals surface area contributed by atoms with Crippen molar-refractivity contribution in [3.63, 3.8) is 0 Å². The standard InChI is InChI=1S/C26H35ClN2O4/c1-26(2,3)24(33-23-7-5-4-6-22(23)30)14-17-29(25(31)32)21-12-15-28(16-13-21)18-19-8-10-20(27)11-9-19/h4-11,21,24,30H,12-18H2,1-3H3,(H,31,32). The largest absolute Gasteiger partial charge is 0.504 e. The summed E-state index contributed by atoms with van der Waals surface area (Å²) in [6, 6.07) is 14.8. The average Bonchev–Trinajstić information content (AvgIpc) is 2.76. The Bertz CT molecular complexity index is 905. The van der Waals surface area contributed by atoms with Gasteiger partial charge in [0.2, 0.25) is 0 Å². The van der Waals surface area contributed by atoms with Gasteiger partial charge in [-0.2, -0.15) is 0 Å². The van der Waals surface area contributed by atoms with Gasteiger partial charge < -0.3 is 19.8 Å². The van der Waals surface area contributed by atoms with E-state index in [1.165, 1.54) is 5.56 Å². The molecule has 2 N–H and O–H groups in total. The molecule has 0 aliphatic carbocycles. The van der Waals surface area contributed by atoms with Gasteiger partial charge >= 0.3 is 6.09 Å². The number of aromatic hydroxyl groups is 1. The number of hydrogen-bond donors (Lipinski definition) is 2. The highest BCUT2D eigenvalue weighted by molar-refractivity contribution is 6.30. The van der Waals surface area contributed by atoms with E-state index in [-0.39, 0.29) is 23.3 Å². The molecular weight excluding hydrogens is 440 g/mol. The number of hydrogen-bond acceptors (Lipinski definition) is 4. The molecule has 0 aromatic heterocycles. The van der Waals surface area contributed by atoms with Crippen LogP contribution in [0.2, 0.25) is 5.02 Å². The molecule has 7 heteroatoms. The third-order valence-corrected chi connectivity index (χ3v) is 6.55. The molecule has 6 nitrogen and oxygen atoms in total. The Kier molecular flexibility index (Phi) is 8.49. The molecule has 180 valence electrons. The lowest BCUT2D eigenvalue weighted by Gasteiger charge is -2.39. The third-order valence-electron chi connectivity index (χ3n) is 6.30. The van der Waals surface area contributed by atoms with E-state index in [0.717, 1.165) is 37.5 Å². The second-order valence-corrected chi connectivity index (χ2v) is 10.3. The Morgan fingerprint density at radius 3 is 2.36 bits per heavy atom. The first-order chi connectivity index (χ1) is 15.6. The van der Waals surface area contributed by atoms with Gasteiger partial charge in [-0.25, -0.2) is 4.79 Å². The zero-order chi connectivity index (χ0) is 24.0. The maximum absolute atomic E-state index is 12.1. The van der Waals surface area contributed by atoms with Crippen LogP contribution in [0.25, 0.3) is 0 Å². The van der Waals surface area contributed by atoms with E-state index >= 15 is 0 Å². The van der Waals surface area contributed by atoms with Crippen molar-refractivity contribution in [2.75, 3.05) is 19.6 Å². The summed E-state index contributed by atoms with van der Waals surface area (Å²) < 4.78 is 6.13. The highest BCUT2D eigenvalue weighted by Gasteiger charge is 2.32. The van der Waals surface area contributed by atoms with E-state index < -0.39 is 6.09 Å². The molecule has 1 fully saturated rings. The lowest BCUT2D eigenvalue weighted by atomic mass is 9.86. The van der Waals surface area contributed by atoms with Crippen LogP contribution in [0, 0.1) is 5.41 Å². The fourth-order valence-electron chi connectivity index (χ4n) is 4.31. The number of amides is 1. The number of carboxylic acid groups (broad SMARTS) is 1. The molecule has 1 heterocycles. The van der Waals surface area contributed by atoms with Crippen molar-refractivity contribution in [3.05, 3.63) is 59.1 Å². The number of benzene rings is 2. The van der Waals surface area contributed by atoms with E-state index in [1.54, 1.807) is 23.1 Å². The summed E-state index contributed by atoms with van der Waals surface area (Å²) in [6.07, 6.45) is 1.04. The Morgan fingerprint density at radius 1 is 1.15 bits per heavy atom. The monoisotopic (exact) mass is 474 g/mol. The van der Waals surface area contributed by atoms with Gasteiger partial charge in [0.05, 0.1) is 0 Å². The lowest BCUT2D eigenvalue weighted by Crippen LogP contribution is -2.48. The number of nitrogens with zero attached hydrogens (tertiary/aromatic N) is 2. The normalized spacial score (nSPS) is 16.4. The summed E-state index contributed by atoms with van der Waals surface area (Å²) in [5.41, 5.74) is 0.997. The van der Waals surface area contributed by atoms with Gasteiger partial charge in [0.15, 0.2) is 11.5 Å². The average molecular weight is 475 g/mol. The second-order valence-electron chi connectivity index (χ2n) is 9.84. The van der Waals surface area contributed by atoms with E-state index in [4.69, 9.17) is 16.3 Å². The third kappa shape index (κ3) is 7.27. The minimum absolute atomic E-state index is 0.00489. The summed E-state index contributed by atoms with van der Waals surface area (Å²) in [5.74, 6) is 0.518. The van der Waals surface area contributed by atoms with Crippen molar-refractivity contribution in [2.45, 2.75) is 58.7 Å². The van der Waals surface area contributed by atoms with Crippen LogP contribution < -0.4 is 4.74 Å². The number of piperidine rings is 1. The molecule has 1 aliphatic heterocycles. The molecule has 0 bridgehead atoms. The Balaban J connectivity index is 1.57. The molecular formula is C26H35ClN2O4. The first-order valence-corrected chi connectivity index (χ1v) is 11.9. The Morgan fingerprint density at radius 2 is 1.79 bits per heavy atom. The maximum atomic E-state index is 12.1. The molecule has 2 aromatic carbocycles. The number of phenols is 1. The molecule has 1 unspecified atom stereocenters. The highest BCUT2D eigenvalue weighted by atomic mass is 35.5. The number of ether oxygens (including phenoxy) is 1. The highest BCUT2D eigenvalue weighted by Crippen LogP contribution is 2.32. The van der Waals surface area contributed by atoms with Crippen LogP contribution >= 0.6 is 11.6 Å². The topological polar surface area (TPSA) is 73.2 Å². The minimum Gasteiger partial charge on any atom is -0.504 e. The zero-order valence-electron chi connectivity index (χ0n) is 19.7. The Hall–Kier alpha value is -2.44. The zero-order valence-corrected chi connectivity index (χ0v) is 20.5. The number of phenolic OH excluding ortho intramolecular Hbond substituents is 1. The van der Waals surface area contributed by atoms with Crippen molar-refractivity contribution in [3.8, 4) is 11.5 Å². The number of carbonyl (C=O) groups is 1. The smallest absolute Gasteiger partial charge is 0.407 e. The number of rotatable bonds is 8. The van der Waals surface area contributed by atoms with Crippen molar-refractivity contribution < 1.29 is 19.7 Å². The fraction of sp³-hybridized carbons (Fsp3) is 0.500. The molecule has 0 saturated carbocycles. The van der Waals surface area contributed by atoms with Crippen molar-refractivity contribution >= 4 is 17.7 Å². The molecule has 33 heavy (non-hydrogen) atoms. The predicted octanol–water partition coefficient (Wildman–Crippen LogP) is 5.87. The van der Waals surface area contributed by atoms with E-state index in [2.05, 4.69) is 25.7 Å². The minimum atomic E-state index is -0.888. The lowest BCUT2D eigenvalue weighted by molar-refractivity contribution is 0.0477. The summed E-state index contributed by atoms with van der Waals surface area (Å²) in [7, 11) is 0. The van der Waals surface area contributed by atoms with Gasteiger partial charge in [-0.05, 0) is 48.1 Å². The van der Waals surface area contributed by atoms with Gasteiger partial charge in [0.1, 0.15) is 6.10 Å². The van der Waals surface area contributed by atoms with Crippen molar-refractivity contribution in [1.82, 2.24) is 9.80 Å². The second kappa shape index (κ2) is 11.1. The van der Waals surface area contributed by atoms with Gasteiger partial charge in [-0.3, -0.25) is 4.90 Å². The summed E-state index contributed by atoms with van der Waals surface area (Å²) in [4.78, 5) is 16.0. The van der Waals surface area contributed by atoms with Gasteiger partial charge in [-0.15, -0.1) is 0 Å². The van der Waals surface area contributed by atoms with Crippen LogP contribution in [0.15, 0.2) is 48.5 Å². The Labute approximate surface area is 201 Å². The quantitative estimate of drug-likeness (QED) is 0.500. The molecule has 1 amide bonds. The first-order valence-electron chi connectivity index (χ1n) is 11.5. The van der Waals surface area contributed by atoms with Gasteiger partial charge in [0.25, 0.3) is 0 Å². The van der Waals surface area contributed by atoms with Crippen LogP contribution in [0.3, 0.4) is 0 Å². The molecule has 1 atom stereocenters. The van der Waals surface area contributed by atoms with Crippen molar-refractivity contribution in [1.29, 1.82) is 0 Å². The van der Waals surface area contributed by atoms with Crippen molar-refractivity contribution in [2.24, 2.45) is 5.41 Å². The van der Waals surface area contributed by atoms with Crippen LogP contribution in [-0.2, 0) is 6.54 Å². The first kappa shape index (κ1) is 25.2. The predicted molar refractivity (Wildman–Crippen MR) is 131 cm³/mol. The molecule has 0 radical (unpaired) electrons. The van der Waals surface area contributed by atoms with Crippen LogP contribution in [0.1, 0.15) is 45.6 Å². The van der Waals surface area contributed by atoms with Gasteiger partial charge in [-0.1, -0.05) is 56.6 Å². The molecule has 1 saturated heterocycles. The number of para-hydroxylation sites is 2. The van der Waals surface area contributed by atoms with E-state index in [9.17, 15) is 15.0 Å². The molecule has 1 aliphatic rings. The fourth-order valence-corrected chi connectivity index (χ4v) is 4.43. The molecule has 3 rings (SSSR count). The molecule has 0 spiro atoms. The summed E-state index contributed by atoms with van der Waals surface area (Å²) in [6.45, 7) is 9.15. The van der Waals surface area contributed by atoms with Crippen LogP contribution in [-0.4, -0.2) is 57.9 Å². The van der Waals surface area contributed by atoms with Gasteiger partial charge in [0, 0.05) is 43.7 Å². The molecule has 2 aromatic rings. The number of likely N-dealkylation sites (tertiary alicyclic amines) is 1. The summed E-state index contributed by atoms with van der Waals surface area (Å²) >= 11 is 5.97. The SMILES string of the molecule is CC(C)(C)C(CCN(C(=O)O)C1CCN(Cc2ccc(Cl)cc2)CC1)Oc1ccccc1O. The van der Waals surface area contributed by atoms with E-state index in [0.29, 0.717) is 18.7 Å². The van der Waals surface area contributed by atoms with Crippen LogP contribution in [0.5, 0.6) is 11.5 Å². The van der Waals surface area contributed by atoms with E-state index in [1.807, 2.05) is 30.3 Å². The van der Waals surface area contributed by atoms with Crippen LogP contribution in [0.4, 0.5) is 4.79 Å².